The standard InChI is InChI=1S/C19H25N3O4S2/c1-15(19(23)20-14-16-6-3-4-7-17(16)26-2)21-9-11-22(12-10-21)28(24,25)18-8-5-13-27-18/h3-8,13,15H,9-12,14H2,1-2H3,(H,20,23). The number of nitrogens with one attached hydrogen (secondary N) is 1. The van der Waals surface area contributed by atoms with Gasteiger partial charge >= 0.3 is 0 Å². The molecule has 1 aliphatic heterocycles. The van der Waals surface area contributed by atoms with Crippen molar-refractivity contribution >= 4 is 27.3 Å². The van der Waals surface area contributed by atoms with Gasteiger partial charge in [0.1, 0.15) is 9.96 Å². The van der Waals surface area contributed by atoms with Crippen LogP contribution in [0.15, 0.2) is 46.0 Å². The SMILES string of the molecule is COc1ccccc1CNC(=O)C(C)N1CCN(S(=O)(=O)c2cccs2)CC1. The number of carbonyl (C=O) groups excluding carboxylic acids is 1. The molecule has 1 saturated heterocycles. The summed E-state index contributed by atoms with van der Waals surface area (Å²) >= 11 is 1.23. The predicted octanol–water partition coefficient (Wildman–Crippen LogP) is 1.77. The van der Waals surface area contributed by atoms with Gasteiger partial charge in [-0.05, 0) is 24.4 Å². The molecule has 0 aliphatic carbocycles. The maximum atomic E-state index is 12.6. The zero-order valence-corrected chi connectivity index (χ0v) is 17.6. The lowest BCUT2D eigenvalue weighted by Crippen LogP contribution is -2.54. The molecule has 0 spiro atoms. The highest BCUT2D eigenvalue weighted by molar-refractivity contribution is 7.91. The zero-order valence-electron chi connectivity index (χ0n) is 16.0. The van der Waals surface area contributed by atoms with Crippen LogP contribution >= 0.6 is 11.3 Å². The maximum Gasteiger partial charge on any atom is 0.252 e. The van der Waals surface area contributed by atoms with E-state index in [1.165, 1.54) is 15.6 Å². The Labute approximate surface area is 170 Å². The molecule has 1 atom stereocenters. The van der Waals surface area contributed by atoms with Crippen molar-refractivity contribution in [3.05, 3.63) is 47.3 Å². The first-order chi connectivity index (χ1) is 13.4. The van der Waals surface area contributed by atoms with Crippen molar-refractivity contribution < 1.29 is 17.9 Å². The molecule has 1 aliphatic rings. The average Bonchev–Trinajstić information content (AvgIpc) is 3.27. The second-order valence-corrected chi connectivity index (χ2v) is 9.69. The highest BCUT2D eigenvalue weighted by Gasteiger charge is 2.32. The van der Waals surface area contributed by atoms with Crippen LogP contribution in [0.1, 0.15) is 12.5 Å². The van der Waals surface area contributed by atoms with Crippen molar-refractivity contribution in [2.45, 2.75) is 23.7 Å². The molecule has 9 heteroatoms. The number of piperazine rings is 1. The molecule has 0 bridgehead atoms. The molecule has 2 aromatic rings. The molecule has 1 fully saturated rings. The first kappa shape index (κ1) is 20.8. The number of carbonyl (C=O) groups is 1. The van der Waals surface area contributed by atoms with Gasteiger partial charge in [-0.3, -0.25) is 9.69 Å². The summed E-state index contributed by atoms with van der Waals surface area (Å²) in [4.78, 5) is 14.6. The molecule has 1 N–H and O–H groups in total. The monoisotopic (exact) mass is 423 g/mol. The first-order valence-corrected chi connectivity index (χ1v) is 11.4. The topological polar surface area (TPSA) is 79.0 Å². The molecule has 3 rings (SSSR count). The van der Waals surface area contributed by atoms with E-state index >= 15 is 0 Å². The van der Waals surface area contributed by atoms with Gasteiger partial charge in [-0.25, -0.2) is 8.42 Å². The molecule has 1 aromatic heterocycles. The van der Waals surface area contributed by atoms with Crippen molar-refractivity contribution in [3.63, 3.8) is 0 Å². The molecule has 7 nitrogen and oxygen atoms in total. The third-order valence-electron chi connectivity index (χ3n) is 4.94. The Bertz CT molecular complexity index is 892. The molecule has 1 aromatic carbocycles. The fraction of sp³-hybridized carbons (Fsp3) is 0.421. The molecule has 0 saturated carbocycles. The van der Waals surface area contributed by atoms with Crippen LogP contribution in [0.5, 0.6) is 5.75 Å². The van der Waals surface area contributed by atoms with Gasteiger partial charge in [0, 0.05) is 38.3 Å². The Morgan fingerprint density at radius 2 is 1.89 bits per heavy atom. The van der Waals surface area contributed by atoms with Crippen molar-refractivity contribution in [1.29, 1.82) is 0 Å². The van der Waals surface area contributed by atoms with Gasteiger partial charge in [0.15, 0.2) is 0 Å². The molecular weight excluding hydrogens is 398 g/mol. The summed E-state index contributed by atoms with van der Waals surface area (Å²) in [6.07, 6.45) is 0. The fourth-order valence-corrected chi connectivity index (χ4v) is 5.78. The summed E-state index contributed by atoms with van der Waals surface area (Å²) in [5.74, 6) is 0.656. The molecule has 1 amide bonds. The Kier molecular flexibility index (Phi) is 6.71. The number of hydrogen-bond acceptors (Lipinski definition) is 6. The third-order valence-corrected chi connectivity index (χ3v) is 8.21. The minimum atomic E-state index is -3.43. The van der Waals surface area contributed by atoms with Crippen LogP contribution in [-0.2, 0) is 21.4 Å². The zero-order chi connectivity index (χ0) is 20.1. The quantitative estimate of drug-likeness (QED) is 0.734. The van der Waals surface area contributed by atoms with E-state index in [1.54, 1.807) is 24.6 Å². The summed E-state index contributed by atoms with van der Waals surface area (Å²) in [6, 6.07) is 10.6. The van der Waals surface area contributed by atoms with Gasteiger partial charge in [0.2, 0.25) is 5.91 Å². The number of thiophene rings is 1. The summed E-state index contributed by atoms with van der Waals surface area (Å²) in [7, 11) is -1.83. The number of sulfonamides is 1. The van der Waals surface area contributed by atoms with Crippen LogP contribution in [-0.4, -0.2) is 62.9 Å². The Hall–Kier alpha value is -1.94. The summed E-state index contributed by atoms with van der Waals surface area (Å²) in [5.41, 5.74) is 0.914. The van der Waals surface area contributed by atoms with E-state index in [0.717, 1.165) is 11.3 Å². The first-order valence-electron chi connectivity index (χ1n) is 9.11. The third kappa shape index (κ3) is 4.54. The van der Waals surface area contributed by atoms with E-state index in [0.29, 0.717) is 36.9 Å². The highest BCUT2D eigenvalue weighted by atomic mass is 32.2. The van der Waals surface area contributed by atoms with E-state index in [-0.39, 0.29) is 11.9 Å². The lowest BCUT2D eigenvalue weighted by Gasteiger charge is -2.36. The van der Waals surface area contributed by atoms with E-state index in [2.05, 4.69) is 5.32 Å². The van der Waals surface area contributed by atoms with Gasteiger partial charge in [0.25, 0.3) is 10.0 Å². The van der Waals surface area contributed by atoms with E-state index in [1.807, 2.05) is 36.1 Å². The molecule has 2 heterocycles. The fourth-order valence-electron chi connectivity index (χ4n) is 3.21. The number of benzene rings is 1. The van der Waals surface area contributed by atoms with Gasteiger partial charge in [0.05, 0.1) is 13.2 Å². The number of ether oxygens (including phenoxy) is 1. The summed E-state index contributed by atoms with van der Waals surface area (Å²) < 4.78 is 32.4. The average molecular weight is 424 g/mol. The summed E-state index contributed by atoms with van der Waals surface area (Å²) in [5, 5.41) is 4.70. The van der Waals surface area contributed by atoms with Crippen LogP contribution < -0.4 is 10.1 Å². The van der Waals surface area contributed by atoms with Crippen LogP contribution in [0.2, 0.25) is 0 Å². The number of methoxy groups -OCH3 is 1. The minimum absolute atomic E-state index is 0.0829. The number of para-hydroxylation sites is 1. The largest absolute Gasteiger partial charge is 0.496 e. The Morgan fingerprint density at radius 3 is 2.54 bits per heavy atom. The Morgan fingerprint density at radius 1 is 1.18 bits per heavy atom. The van der Waals surface area contributed by atoms with Crippen molar-refractivity contribution in [2.75, 3.05) is 33.3 Å². The number of amides is 1. The minimum Gasteiger partial charge on any atom is -0.496 e. The lowest BCUT2D eigenvalue weighted by atomic mass is 10.2. The van der Waals surface area contributed by atoms with Crippen molar-refractivity contribution in [1.82, 2.24) is 14.5 Å². The maximum absolute atomic E-state index is 12.6. The molecular formula is C19H25N3O4S2. The number of hydrogen-bond donors (Lipinski definition) is 1. The molecule has 1 unspecified atom stereocenters. The van der Waals surface area contributed by atoms with Gasteiger partial charge in [-0.2, -0.15) is 4.31 Å². The van der Waals surface area contributed by atoms with E-state index in [4.69, 9.17) is 4.74 Å². The molecule has 0 radical (unpaired) electrons. The van der Waals surface area contributed by atoms with E-state index in [9.17, 15) is 13.2 Å². The van der Waals surface area contributed by atoms with Crippen LogP contribution in [0, 0.1) is 0 Å². The number of rotatable bonds is 7. The second kappa shape index (κ2) is 9.04. The lowest BCUT2D eigenvalue weighted by molar-refractivity contribution is -0.126. The van der Waals surface area contributed by atoms with Crippen LogP contribution in [0.3, 0.4) is 0 Å². The summed E-state index contributed by atoms with van der Waals surface area (Å²) in [6.45, 7) is 4.04. The smallest absolute Gasteiger partial charge is 0.252 e. The van der Waals surface area contributed by atoms with Gasteiger partial charge < -0.3 is 10.1 Å². The van der Waals surface area contributed by atoms with Gasteiger partial charge in [-0.15, -0.1) is 11.3 Å². The van der Waals surface area contributed by atoms with E-state index < -0.39 is 10.0 Å². The predicted molar refractivity (Wildman–Crippen MR) is 109 cm³/mol. The second-order valence-electron chi connectivity index (χ2n) is 6.58. The van der Waals surface area contributed by atoms with Crippen molar-refractivity contribution in [2.24, 2.45) is 0 Å². The highest BCUT2D eigenvalue weighted by Crippen LogP contribution is 2.22. The van der Waals surface area contributed by atoms with Crippen LogP contribution in [0.25, 0.3) is 0 Å². The van der Waals surface area contributed by atoms with Crippen LogP contribution in [0.4, 0.5) is 0 Å². The Balaban J connectivity index is 1.53. The molecule has 152 valence electrons. The number of nitrogens with zero attached hydrogens (tertiary/aromatic N) is 2. The normalized spacial score (nSPS) is 17.2. The van der Waals surface area contributed by atoms with Crippen molar-refractivity contribution in [3.8, 4) is 5.75 Å². The molecule has 28 heavy (non-hydrogen) atoms. The van der Waals surface area contributed by atoms with Gasteiger partial charge in [-0.1, -0.05) is 24.3 Å².